The van der Waals surface area contributed by atoms with Gasteiger partial charge in [0, 0.05) is 46.4 Å². The summed E-state index contributed by atoms with van der Waals surface area (Å²) in [6.45, 7) is 4.00. The quantitative estimate of drug-likeness (QED) is 0.632. The summed E-state index contributed by atoms with van der Waals surface area (Å²) in [6, 6.07) is 3.13. The van der Waals surface area contributed by atoms with E-state index < -0.39 is 17.2 Å². The zero-order valence-corrected chi connectivity index (χ0v) is 13.4. The Morgan fingerprint density at radius 3 is 1.95 bits per heavy atom. The molecule has 0 N–H and O–H groups in total. The lowest BCUT2D eigenvalue weighted by Crippen LogP contribution is -2.38. The van der Waals surface area contributed by atoms with Crippen molar-refractivity contribution in [3.8, 4) is 5.75 Å². The molecule has 1 aromatic carbocycles. The number of hydrogen-bond acceptors (Lipinski definition) is 2. The van der Waals surface area contributed by atoms with Gasteiger partial charge >= 0.3 is 0 Å². The molecule has 21 heavy (non-hydrogen) atoms. The molecule has 0 amide bonds. The predicted molar refractivity (Wildman–Crippen MR) is 80.7 cm³/mol. The summed E-state index contributed by atoms with van der Waals surface area (Å²) < 4.78 is 32.0. The van der Waals surface area contributed by atoms with Crippen LogP contribution < -0.4 is 4.74 Å². The van der Waals surface area contributed by atoms with Crippen LogP contribution in [0.4, 0.5) is 8.78 Å². The highest BCUT2D eigenvalue weighted by Gasteiger charge is 2.21. The molecule has 0 atom stereocenters. The van der Waals surface area contributed by atoms with Crippen molar-refractivity contribution in [2.75, 3.05) is 34.7 Å². The second-order valence-electron chi connectivity index (χ2n) is 5.87. The van der Waals surface area contributed by atoms with E-state index in [1.807, 2.05) is 51.8 Å². The molecule has 0 aromatic heterocycles. The number of rotatable bonds is 4. The highest BCUT2D eigenvalue weighted by molar-refractivity contribution is 5.79. The molecule has 0 fully saturated rings. The van der Waals surface area contributed by atoms with Crippen molar-refractivity contribution in [3.63, 3.8) is 0 Å². The predicted octanol–water partition coefficient (Wildman–Crippen LogP) is 2.60. The summed E-state index contributed by atoms with van der Waals surface area (Å²) in [4.78, 5) is 8.27. The lowest BCUT2D eigenvalue weighted by molar-refractivity contribution is 0.117. The molecule has 0 spiro atoms. The normalized spacial score (nSPS) is 11.0. The Kier molecular flexibility index (Phi) is 5.52. The molecular formula is C15H23F2N3O. The molecule has 1 rings (SSSR count). The monoisotopic (exact) mass is 299 g/mol. The van der Waals surface area contributed by atoms with E-state index in [0.29, 0.717) is 6.54 Å². The van der Waals surface area contributed by atoms with E-state index in [1.54, 1.807) is 0 Å². The van der Waals surface area contributed by atoms with Crippen LogP contribution in [0.3, 0.4) is 0 Å². The molecule has 4 nitrogen and oxygen atoms in total. The van der Waals surface area contributed by atoms with Gasteiger partial charge in [0.15, 0.2) is 5.96 Å². The van der Waals surface area contributed by atoms with Gasteiger partial charge in [0.05, 0.1) is 6.54 Å². The molecule has 0 aliphatic carbocycles. The first-order valence-electron chi connectivity index (χ1n) is 6.65. The van der Waals surface area contributed by atoms with E-state index >= 15 is 0 Å². The van der Waals surface area contributed by atoms with Gasteiger partial charge in [-0.2, -0.15) is 0 Å². The number of aliphatic imine (C=N–C) groups is 1. The third-order valence-corrected chi connectivity index (χ3v) is 2.63. The van der Waals surface area contributed by atoms with Crippen LogP contribution in [0.1, 0.15) is 13.8 Å². The smallest absolute Gasteiger partial charge is 0.195 e. The topological polar surface area (TPSA) is 28.1 Å². The van der Waals surface area contributed by atoms with Crippen molar-refractivity contribution in [2.24, 2.45) is 4.99 Å². The van der Waals surface area contributed by atoms with Gasteiger partial charge in [-0.1, -0.05) is 0 Å². The summed E-state index contributed by atoms with van der Waals surface area (Å²) in [5.41, 5.74) is -0.683. The third-order valence-electron chi connectivity index (χ3n) is 2.63. The Balaban J connectivity index is 2.83. The average Bonchev–Trinajstić information content (AvgIpc) is 2.24. The van der Waals surface area contributed by atoms with E-state index in [2.05, 4.69) is 4.99 Å². The fraction of sp³-hybridized carbons (Fsp3) is 0.533. The fourth-order valence-corrected chi connectivity index (χ4v) is 1.88. The molecule has 6 heteroatoms. The first kappa shape index (κ1) is 17.2. The van der Waals surface area contributed by atoms with Gasteiger partial charge < -0.3 is 14.5 Å². The minimum Gasteiger partial charge on any atom is -0.486 e. The van der Waals surface area contributed by atoms with Gasteiger partial charge in [-0.3, -0.25) is 0 Å². The summed E-state index contributed by atoms with van der Waals surface area (Å²) >= 11 is 0. The number of ether oxygens (including phenoxy) is 1. The van der Waals surface area contributed by atoms with Crippen molar-refractivity contribution in [3.05, 3.63) is 29.8 Å². The highest BCUT2D eigenvalue weighted by atomic mass is 19.1. The number of nitrogens with zero attached hydrogens (tertiary/aromatic N) is 3. The van der Waals surface area contributed by atoms with Crippen LogP contribution in [0.5, 0.6) is 5.75 Å². The van der Waals surface area contributed by atoms with Gasteiger partial charge in [0.25, 0.3) is 0 Å². The van der Waals surface area contributed by atoms with E-state index in [0.717, 1.165) is 24.2 Å². The SMILES string of the molecule is CN(C)C(=NCC(C)(C)Oc1cc(F)cc(F)c1)N(C)C. The van der Waals surface area contributed by atoms with Gasteiger partial charge in [-0.05, 0) is 13.8 Å². The molecule has 0 aliphatic heterocycles. The van der Waals surface area contributed by atoms with E-state index in [4.69, 9.17) is 4.74 Å². The Morgan fingerprint density at radius 2 is 1.52 bits per heavy atom. The van der Waals surface area contributed by atoms with Crippen molar-refractivity contribution >= 4 is 5.96 Å². The second kappa shape index (κ2) is 6.74. The van der Waals surface area contributed by atoms with Crippen LogP contribution in [0, 0.1) is 11.6 Å². The second-order valence-corrected chi connectivity index (χ2v) is 5.87. The van der Waals surface area contributed by atoms with Crippen LogP contribution in [-0.4, -0.2) is 56.1 Å². The van der Waals surface area contributed by atoms with Crippen LogP contribution in [0.2, 0.25) is 0 Å². The Morgan fingerprint density at radius 1 is 1.05 bits per heavy atom. The number of hydrogen-bond donors (Lipinski definition) is 0. The van der Waals surface area contributed by atoms with E-state index in [9.17, 15) is 8.78 Å². The number of guanidine groups is 1. The molecule has 118 valence electrons. The summed E-state index contributed by atoms with van der Waals surface area (Å²) in [5.74, 6) is -0.376. The Hall–Kier alpha value is -1.85. The summed E-state index contributed by atoms with van der Waals surface area (Å²) in [6.07, 6.45) is 0. The molecule has 0 heterocycles. The molecule has 0 unspecified atom stereocenters. The van der Waals surface area contributed by atoms with Crippen molar-refractivity contribution in [2.45, 2.75) is 19.4 Å². The zero-order valence-electron chi connectivity index (χ0n) is 13.4. The van der Waals surface area contributed by atoms with Crippen molar-refractivity contribution < 1.29 is 13.5 Å². The standard InChI is InChI=1S/C15H23F2N3O/c1-15(2,10-18-14(19(3)4)20(5)6)21-13-8-11(16)7-12(17)9-13/h7-9H,10H2,1-6H3. The van der Waals surface area contributed by atoms with Gasteiger partial charge in [-0.25, -0.2) is 13.8 Å². The lowest BCUT2D eigenvalue weighted by atomic mass is 10.1. The maximum Gasteiger partial charge on any atom is 0.195 e. The van der Waals surface area contributed by atoms with Gasteiger partial charge in [-0.15, -0.1) is 0 Å². The first-order valence-corrected chi connectivity index (χ1v) is 6.65. The lowest BCUT2D eigenvalue weighted by Gasteiger charge is -2.28. The Labute approximate surface area is 125 Å². The number of benzene rings is 1. The highest BCUT2D eigenvalue weighted by Crippen LogP contribution is 2.21. The molecule has 0 bridgehead atoms. The maximum atomic E-state index is 13.2. The van der Waals surface area contributed by atoms with Crippen molar-refractivity contribution in [1.29, 1.82) is 0 Å². The van der Waals surface area contributed by atoms with E-state index in [1.165, 1.54) is 0 Å². The fourth-order valence-electron chi connectivity index (χ4n) is 1.88. The molecular weight excluding hydrogens is 276 g/mol. The molecule has 0 radical (unpaired) electrons. The summed E-state index contributed by atoms with van der Waals surface area (Å²) in [7, 11) is 7.59. The van der Waals surface area contributed by atoms with E-state index in [-0.39, 0.29) is 5.75 Å². The minimum absolute atomic E-state index is 0.156. The molecule has 0 aliphatic rings. The Bertz CT molecular complexity index is 483. The molecule has 1 aromatic rings. The van der Waals surface area contributed by atoms with Crippen LogP contribution in [-0.2, 0) is 0 Å². The zero-order chi connectivity index (χ0) is 16.2. The van der Waals surface area contributed by atoms with Crippen LogP contribution in [0.25, 0.3) is 0 Å². The van der Waals surface area contributed by atoms with Crippen LogP contribution in [0.15, 0.2) is 23.2 Å². The third kappa shape index (κ3) is 5.57. The largest absolute Gasteiger partial charge is 0.486 e. The van der Waals surface area contributed by atoms with Crippen molar-refractivity contribution in [1.82, 2.24) is 9.80 Å². The first-order chi connectivity index (χ1) is 9.60. The molecule has 0 saturated heterocycles. The number of halogens is 2. The maximum absolute atomic E-state index is 13.2. The molecule has 0 saturated carbocycles. The minimum atomic E-state index is -0.683. The average molecular weight is 299 g/mol. The summed E-state index contributed by atoms with van der Waals surface area (Å²) in [5, 5.41) is 0. The van der Waals surface area contributed by atoms with Gasteiger partial charge in [0.2, 0.25) is 0 Å². The van der Waals surface area contributed by atoms with Crippen LogP contribution >= 0.6 is 0 Å². The van der Waals surface area contributed by atoms with Gasteiger partial charge in [0.1, 0.15) is 23.0 Å².